The molecule has 1 rings (SSSR count). The summed E-state index contributed by atoms with van der Waals surface area (Å²) in [5.74, 6) is 0.849. The number of nitrogens with one attached hydrogen (secondary N) is 1. The van der Waals surface area contributed by atoms with Gasteiger partial charge in [0.2, 0.25) is 0 Å². The first-order chi connectivity index (χ1) is 9.22. The third kappa shape index (κ3) is 8.01. The molecule has 0 unspecified atom stereocenters. The van der Waals surface area contributed by atoms with Crippen molar-refractivity contribution in [1.82, 2.24) is 14.9 Å². The number of nitrogens with two attached hydrogens (primary N) is 1. The highest BCUT2D eigenvalue weighted by molar-refractivity contribution is 4.96. The van der Waals surface area contributed by atoms with E-state index in [1.165, 1.54) is 32.1 Å². The van der Waals surface area contributed by atoms with Crippen molar-refractivity contribution in [1.29, 1.82) is 0 Å². The van der Waals surface area contributed by atoms with E-state index in [0.29, 0.717) is 6.54 Å². The molecule has 0 saturated heterocycles. The summed E-state index contributed by atoms with van der Waals surface area (Å²) >= 11 is 0. The summed E-state index contributed by atoms with van der Waals surface area (Å²) in [6.45, 7) is 8.06. The number of hydrogen-bond donors (Lipinski definition) is 2. The Labute approximate surface area is 117 Å². The molecular formula is C15H30N4. The van der Waals surface area contributed by atoms with E-state index >= 15 is 0 Å². The highest BCUT2D eigenvalue weighted by atomic mass is 15.0. The Hall–Kier alpha value is -0.870. The van der Waals surface area contributed by atoms with Crippen molar-refractivity contribution < 1.29 is 0 Å². The Morgan fingerprint density at radius 3 is 2.79 bits per heavy atom. The van der Waals surface area contributed by atoms with Gasteiger partial charge in [0.1, 0.15) is 0 Å². The second-order valence-corrected chi connectivity index (χ2v) is 5.67. The van der Waals surface area contributed by atoms with Crippen molar-refractivity contribution in [2.45, 2.75) is 59.0 Å². The Morgan fingerprint density at radius 2 is 2.05 bits per heavy atom. The third-order valence-electron chi connectivity index (χ3n) is 3.27. The van der Waals surface area contributed by atoms with Gasteiger partial charge in [-0.1, -0.05) is 39.5 Å². The molecule has 0 aliphatic carbocycles. The number of rotatable bonds is 11. The molecule has 1 heterocycles. The monoisotopic (exact) mass is 266 g/mol. The van der Waals surface area contributed by atoms with Crippen molar-refractivity contribution in [3.8, 4) is 0 Å². The maximum atomic E-state index is 5.50. The summed E-state index contributed by atoms with van der Waals surface area (Å²) in [5, 5.41) is 3.45. The fourth-order valence-corrected chi connectivity index (χ4v) is 2.14. The number of imidazole rings is 1. The van der Waals surface area contributed by atoms with E-state index in [2.05, 4.69) is 30.3 Å². The Balaban J connectivity index is 1.95. The number of aromatic nitrogens is 2. The normalized spacial score (nSPS) is 11.4. The summed E-state index contributed by atoms with van der Waals surface area (Å²) in [6.07, 6.45) is 10.6. The molecule has 0 fully saturated rings. The number of unbranched alkanes of at least 4 members (excludes halogenated alkanes) is 3. The van der Waals surface area contributed by atoms with E-state index in [1.54, 1.807) is 0 Å². The maximum absolute atomic E-state index is 5.50. The van der Waals surface area contributed by atoms with Gasteiger partial charge in [-0.3, -0.25) is 0 Å². The van der Waals surface area contributed by atoms with Crippen LogP contribution in [0.15, 0.2) is 12.5 Å². The predicted octanol–water partition coefficient (Wildman–Crippen LogP) is 2.54. The lowest BCUT2D eigenvalue weighted by molar-refractivity contribution is 0.511. The second kappa shape index (κ2) is 9.98. The molecule has 0 bridgehead atoms. The van der Waals surface area contributed by atoms with Crippen LogP contribution in [0.3, 0.4) is 0 Å². The summed E-state index contributed by atoms with van der Waals surface area (Å²) in [5.41, 5.74) is 6.61. The minimum atomic E-state index is 0.666. The molecule has 0 amide bonds. The van der Waals surface area contributed by atoms with E-state index in [0.717, 1.165) is 31.2 Å². The van der Waals surface area contributed by atoms with Crippen molar-refractivity contribution in [3.63, 3.8) is 0 Å². The Morgan fingerprint density at radius 1 is 1.26 bits per heavy atom. The Bertz CT molecular complexity index is 320. The van der Waals surface area contributed by atoms with Gasteiger partial charge >= 0.3 is 0 Å². The summed E-state index contributed by atoms with van der Waals surface area (Å²) in [4.78, 5) is 4.35. The van der Waals surface area contributed by atoms with Gasteiger partial charge in [0.25, 0.3) is 0 Å². The lowest BCUT2D eigenvalue weighted by Gasteiger charge is -2.05. The fourth-order valence-electron chi connectivity index (χ4n) is 2.14. The molecule has 0 spiro atoms. The molecular weight excluding hydrogens is 236 g/mol. The first kappa shape index (κ1) is 16.2. The molecule has 0 atom stereocenters. The maximum Gasteiger partial charge on any atom is 0.0950 e. The fraction of sp³-hybridized carbons (Fsp3) is 0.800. The molecule has 110 valence electrons. The zero-order valence-electron chi connectivity index (χ0n) is 12.6. The molecule has 0 aliphatic heterocycles. The molecule has 4 nitrogen and oxygen atoms in total. The van der Waals surface area contributed by atoms with Gasteiger partial charge < -0.3 is 15.6 Å². The van der Waals surface area contributed by atoms with E-state index in [-0.39, 0.29) is 0 Å². The zero-order valence-corrected chi connectivity index (χ0v) is 12.6. The molecule has 0 aromatic carbocycles. The molecule has 1 aromatic heterocycles. The first-order valence-electron chi connectivity index (χ1n) is 7.63. The highest BCUT2D eigenvalue weighted by Gasteiger charge is 1.98. The molecule has 0 radical (unpaired) electrons. The Kier molecular flexibility index (Phi) is 8.50. The van der Waals surface area contributed by atoms with E-state index in [1.807, 2.05) is 10.9 Å². The lowest BCUT2D eigenvalue weighted by atomic mass is 10.0. The van der Waals surface area contributed by atoms with Crippen LogP contribution >= 0.6 is 0 Å². The van der Waals surface area contributed by atoms with Gasteiger partial charge in [-0.15, -0.1) is 0 Å². The molecule has 3 N–H and O–H groups in total. The van der Waals surface area contributed by atoms with E-state index in [4.69, 9.17) is 5.73 Å². The van der Waals surface area contributed by atoms with Gasteiger partial charge in [-0.05, 0) is 18.9 Å². The van der Waals surface area contributed by atoms with E-state index < -0.39 is 0 Å². The van der Waals surface area contributed by atoms with Crippen LogP contribution < -0.4 is 11.1 Å². The highest BCUT2D eigenvalue weighted by Crippen LogP contribution is 2.09. The van der Waals surface area contributed by atoms with Crippen molar-refractivity contribution in [3.05, 3.63) is 18.2 Å². The van der Waals surface area contributed by atoms with Crippen LogP contribution in [0.2, 0.25) is 0 Å². The van der Waals surface area contributed by atoms with Crippen molar-refractivity contribution in [2.75, 3.05) is 13.1 Å². The SMILES string of the molecule is CC(C)CCCCCCNCc1cn(CCN)cn1. The predicted molar refractivity (Wildman–Crippen MR) is 80.9 cm³/mol. The number of nitrogens with zero attached hydrogens (tertiary/aromatic N) is 2. The van der Waals surface area contributed by atoms with Crippen LogP contribution in [-0.2, 0) is 13.1 Å². The van der Waals surface area contributed by atoms with Crippen LogP contribution in [-0.4, -0.2) is 22.6 Å². The quantitative estimate of drug-likeness (QED) is 0.605. The molecule has 0 saturated carbocycles. The standard InChI is InChI=1S/C15H30N4/c1-14(2)7-5-3-4-6-9-17-11-15-12-19(10-8-16)13-18-15/h12-14,17H,3-11,16H2,1-2H3. The van der Waals surface area contributed by atoms with Gasteiger partial charge in [0.05, 0.1) is 12.0 Å². The van der Waals surface area contributed by atoms with Gasteiger partial charge in [-0.2, -0.15) is 0 Å². The molecule has 19 heavy (non-hydrogen) atoms. The molecule has 4 heteroatoms. The van der Waals surface area contributed by atoms with Crippen molar-refractivity contribution in [2.24, 2.45) is 11.7 Å². The molecule has 0 aliphatic rings. The third-order valence-corrected chi connectivity index (χ3v) is 3.27. The van der Waals surface area contributed by atoms with Crippen LogP contribution in [0, 0.1) is 5.92 Å². The van der Waals surface area contributed by atoms with Crippen LogP contribution in [0.4, 0.5) is 0 Å². The largest absolute Gasteiger partial charge is 0.336 e. The smallest absolute Gasteiger partial charge is 0.0950 e. The van der Waals surface area contributed by atoms with Gasteiger partial charge in [0, 0.05) is 25.8 Å². The van der Waals surface area contributed by atoms with Crippen molar-refractivity contribution >= 4 is 0 Å². The van der Waals surface area contributed by atoms with Crippen LogP contribution in [0.5, 0.6) is 0 Å². The van der Waals surface area contributed by atoms with Crippen LogP contribution in [0.1, 0.15) is 51.6 Å². The van der Waals surface area contributed by atoms with Gasteiger partial charge in [0.15, 0.2) is 0 Å². The molecule has 1 aromatic rings. The summed E-state index contributed by atoms with van der Waals surface area (Å²) in [6, 6.07) is 0. The minimum Gasteiger partial charge on any atom is -0.336 e. The average Bonchev–Trinajstić information content (AvgIpc) is 2.80. The average molecular weight is 266 g/mol. The summed E-state index contributed by atoms with van der Waals surface area (Å²) < 4.78 is 2.04. The number of hydrogen-bond acceptors (Lipinski definition) is 3. The van der Waals surface area contributed by atoms with E-state index in [9.17, 15) is 0 Å². The topological polar surface area (TPSA) is 55.9 Å². The zero-order chi connectivity index (χ0) is 13.9. The second-order valence-electron chi connectivity index (χ2n) is 5.67. The minimum absolute atomic E-state index is 0.666. The first-order valence-corrected chi connectivity index (χ1v) is 7.63. The lowest BCUT2D eigenvalue weighted by Crippen LogP contribution is -2.15. The van der Waals surface area contributed by atoms with Crippen LogP contribution in [0.25, 0.3) is 0 Å². The van der Waals surface area contributed by atoms with Gasteiger partial charge in [-0.25, -0.2) is 4.98 Å². The summed E-state index contributed by atoms with van der Waals surface area (Å²) in [7, 11) is 0.